The van der Waals surface area contributed by atoms with Gasteiger partial charge in [0.05, 0.1) is 20.8 Å². The minimum Gasteiger partial charge on any atom is -0.293 e. The van der Waals surface area contributed by atoms with Crippen LogP contribution in [-0.2, 0) is 14.7 Å². The Labute approximate surface area is 56.6 Å². The lowest BCUT2D eigenvalue weighted by Gasteiger charge is -1.97. The molecule has 0 bridgehead atoms. The molecule has 1 heterocycles. The van der Waals surface area contributed by atoms with Gasteiger partial charge in [-0.05, 0) is 6.42 Å². The third-order valence-electron chi connectivity index (χ3n) is 0.956. The maximum atomic E-state index is 4.56. The number of hydrogen-bond acceptors (Lipinski definition) is 3. The van der Waals surface area contributed by atoms with E-state index in [0.29, 0.717) is 6.61 Å². The summed E-state index contributed by atoms with van der Waals surface area (Å²) < 4.78 is 0. The first-order valence-corrected chi connectivity index (χ1v) is 2.93. The van der Waals surface area contributed by atoms with Gasteiger partial charge in [0.15, 0.2) is 0 Å². The summed E-state index contributed by atoms with van der Waals surface area (Å²) in [5, 5.41) is 4.25. The van der Waals surface area contributed by atoms with E-state index in [9.17, 15) is 0 Å². The zero-order valence-electron chi connectivity index (χ0n) is 5.08. The molecular weight excluding hydrogens is 116 g/mol. The van der Waals surface area contributed by atoms with Gasteiger partial charge in [-0.25, -0.2) is 4.89 Å². The summed E-state index contributed by atoms with van der Waals surface area (Å²) >= 11 is 0. The predicted octanol–water partition coefficient (Wildman–Crippen LogP) is -0.454. The second-order valence-corrected chi connectivity index (χ2v) is 1.69. The lowest BCUT2D eigenvalue weighted by atomic mass is 9.24. The monoisotopic (exact) mass is 123 g/mol. The van der Waals surface area contributed by atoms with Crippen LogP contribution in [0.25, 0.3) is 0 Å². The largest absolute Gasteiger partial charge is 0.293 e. The molecule has 0 saturated carbocycles. The molecule has 9 heavy (non-hydrogen) atoms. The van der Waals surface area contributed by atoms with Gasteiger partial charge in [-0.3, -0.25) is 4.81 Å². The molecule has 1 aliphatic heterocycles. The van der Waals surface area contributed by atoms with Crippen LogP contribution < -0.4 is 0 Å². The maximum Gasteiger partial charge on any atom is 0.286 e. The van der Waals surface area contributed by atoms with Gasteiger partial charge in [-0.15, -0.1) is 0 Å². The average Bonchev–Trinajstić information content (AvgIpc) is 2.00. The van der Waals surface area contributed by atoms with Crippen molar-refractivity contribution in [3.63, 3.8) is 0 Å². The molecule has 3 radical (unpaired) electrons. The minimum atomic E-state index is 0.582. The first-order chi connectivity index (χ1) is 4.50. The highest BCUT2D eigenvalue weighted by molar-refractivity contribution is 7.27. The lowest BCUT2D eigenvalue weighted by molar-refractivity contribution is -0.467. The molecule has 0 aromatic rings. The Kier molecular flexibility index (Phi) is 3.92. The molecule has 0 spiro atoms. The quantitative estimate of drug-likeness (QED) is 0.322. The van der Waals surface area contributed by atoms with E-state index in [2.05, 4.69) is 14.7 Å². The van der Waals surface area contributed by atoms with Gasteiger partial charge in [0, 0.05) is 0 Å². The van der Waals surface area contributed by atoms with E-state index in [1.165, 1.54) is 7.37 Å². The van der Waals surface area contributed by atoms with Crippen LogP contribution in [0.5, 0.6) is 0 Å². The number of rotatable bonds is 0. The van der Waals surface area contributed by atoms with Gasteiger partial charge in [0.25, 0.3) is 7.37 Å². The van der Waals surface area contributed by atoms with Crippen molar-refractivity contribution < 1.29 is 14.7 Å². The summed E-state index contributed by atoms with van der Waals surface area (Å²) in [4.78, 5) is 8.98. The van der Waals surface area contributed by atoms with Crippen LogP contribution in [0.4, 0.5) is 0 Å². The van der Waals surface area contributed by atoms with E-state index in [-0.39, 0.29) is 0 Å². The second-order valence-electron chi connectivity index (χ2n) is 1.69. The molecule has 45 valence electrons. The van der Waals surface area contributed by atoms with Crippen molar-refractivity contribution in [3.8, 4) is 0 Å². The Morgan fingerprint density at radius 3 is 3.33 bits per heavy atom. The van der Waals surface area contributed by atoms with Crippen LogP contribution in [0, 0.1) is 0 Å². The van der Waals surface area contributed by atoms with E-state index in [0.717, 1.165) is 12.7 Å². The zero-order chi connectivity index (χ0) is 6.36. The Morgan fingerprint density at radius 1 is 1.33 bits per heavy atom. The van der Waals surface area contributed by atoms with Gasteiger partial charge in [0.2, 0.25) is 0 Å². The smallest absolute Gasteiger partial charge is 0.286 e. The third kappa shape index (κ3) is 3.62. The molecule has 1 saturated heterocycles. The summed E-state index contributed by atoms with van der Waals surface area (Å²) in [6.07, 6.45) is 1.97. The van der Waals surface area contributed by atoms with Gasteiger partial charge in [-0.2, -0.15) is 0 Å². The van der Waals surface area contributed by atoms with Crippen LogP contribution in [0.2, 0.25) is 6.32 Å². The van der Waals surface area contributed by atoms with Crippen LogP contribution >= 0.6 is 0 Å². The first kappa shape index (κ1) is 7.19. The molecule has 0 atom stereocenters. The van der Waals surface area contributed by atoms with E-state index >= 15 is 0 Å². The highest BCUT2D eigenvalue weighted by Gasteiger charge is 2.00. The SMILES string of the molecule is [B]1[B]CCCOOO[B]1. The third-order valence-corrected chi connectivity index (χ3v) is 0.956. The fourth-order valence-corrected chi connectivity index (χ4v) is 0.528. The summed E-state index contributed by atoms with van der Waals surface area (Å²) in [6, 6.07) is 0. The second kappa shape index (κ2) is 4.91. The van der Waals surface area contributed by atoms with Crippen LogP contribution in [0.3, 0.4) is 0 Å². The Bertz CT molecular complexity index is 42.8. The Hall–Kier alpha value is 0.0748. The van der Waals surface area contributed by atoms with E-state index in [1.807, 2.05) is 7.17 Å². The first-order valence-electron chi connectivity index (χ1n) is 2.93. The zero-order valence-corrected chi connectivity index (χ0v) is 5.08. The van der Waals surface area contributed by atoms with Crippen molar-refractivity contribution in [3.05, 3.63) is 0 Å². The van der Waals surface area contributed by atoms with Crippen LogP contribution in [0.15, 0.2) is 0 Å². The Morgan fingerprint density at radius 2 is 2.33 bits per heavy atom. The molecule has 0 amide bonds. The summed E-state index contributed by atoms with van der Waals surface area (Å²) in [5.74, 6) is 0. The van der Waals surface area contributed by atoms with Crippen molar-refractivity contribution in [2.75, 3.05) is 6.61 Å². The highest BCUT2D eigenvalue weighted by Crippen LogP contribution is 1.92. The molecule has 0 aliphatic carbocycles. The van der Waals surface area contributed by atoms with Crippen molar-refractivity contribution in [2.24, 2.45) is 0 Å². The van der Waals surface area contributed by atoms with E-state index in [4.69, 9.17) is 0 Å². The molecule has 0 N–H and O–H groups in total. The molecular formula is C3H6B3O3. The summed E-state index contributed by atoms with van der Waals surface area (Å²) in [6.45, 7) is 0.582. The van der Waals surface area contributed by atoms with Crippen LogP contribution in [-0.4, -0.2) is 28.2 Å². The average molecular weight is 123 g/mol. The predicted molar refractivity (Wildman–Crippen MR) is 34.8 cm³/mol. The molecule has 0 aromatic heterocycles. The summed E-state index contributed by atoms with van der Waals surface area (Å²) in [7, 11) is 5.22. The van der Waals surface area contributed by atoms with E-state index in [1.54, 1.807) is 7.06 Å². The molecule has 0 unspecified atom stereocenters. The highest BCUT2D eigenvalue weighted by atomic mass is 17.5. The van der Waals surface area contributed by atoms with Crippen LogP contribution in [0.1, 0.15) is 6.42 Å². The molecule has 3 nitrogen and oxygen atoms in total. The fraction of sp³-hybridized carbons (Fsp3) is 1.00. The van der Waals surface area contributed by atoms with Crippen molar-refractivity contribution in [1.29, 1.82) is 0 Å². The fourth-order valence-electron chi connectivity index (χ4n) is 0.528. The van der Waals surface area contributed by atoms with Crippen molar-refractivity contribution in [2.45, 2.75) is 12.7 Å². The standard InChI is InChI=1S/C3H6B3O3/c1-2-4-5-6-8-9-7-3-1/h1-3H2. The molecule has 1 rings (SSSR count). The molecule has 0 aromatic carbocycles. The van der Waals surface area contributed by atoms with Crippen molar-refractivity contribution in [1.82, 2.24) is 0 Å². The van der Waals surface area contributed by atoms with E-state index < -0.39 is 0 Å². The minimum absolute atomic E-state index is 0.582. The van der Waals surface area contributed by atoms with Gasteiger partial charge in [0.1, 0.15) is 0 Å². The van der Waals surface area contributed by atoms with Gasteiger partial charge in [-0.1, -0.05) is 11.4 Å². The maximum absolute atomic E-state index is 4.56. The molecule has 1 aliphatic rings. The molecule has 1 fully saturated rings. The summed E-state index contributed by atoms with van der Waals surface area (Å²) in [5.41, 5.74) is 0. The number of hydrogen-bond donors (Lipinski definition) is 0. The van der Waals surface area contributed by atoms with Gasteiger partial charge < -0.3 is 0 Å². The van der Waals surface area contributed by atoms with Crippen molar-refractivity contribution >= 4 is 21.6 Å². The Balaban J connectivity index is 2.02. The van der Waals surface area contributed by atoms with Gasteiger partial charge >= 0.3 is 0 Å². The normalized spacial score (nSPS) is 21.3. The lowest BCUT2D eigenvalue weighted by Crippen LogP contribution is -2.14. The topological polar surface area (TPSA) is 27.7 Å². The molecule has 6 heteroatoms.